The molecule has 3 saturated carbocycles. The summed E-state index contributed by atoms with van der Waals surface area (Å²) in [5.74, 6) is 2.39. The van der Waals surface area contributed by atoms with Gasteiger partial charge in [0.1, 0.15) is 0 Å². The summed E-state index contributed by atoms with van der Waals surface area (Å²) in [6.07, 6.45) is 19.3. The van der Waals surface area contributed by atoms with Crippen molar-refractivity contribution in [3.63, 3.8) is 0 Å². The summed E-state index contributed by atoms with van der Waals surface area (Å²) >= 11 is 0. The van der Waals surface area contributed by atoms with Gasteiger partial charge in [0.05, 0.1) is 17.8 Å². The summed E-state index contributed by atoms with van der Waals surface area (Å²) in [4.78, 5) is 0. The Morgan fingerprint density at radius 2 is 1.27 bits per heavy atom. The first kappa shape index (κ1) is 59.2. The lowest BCUT2D eigenvalue weighted by Gasteiger charge is -2.49. The van der Waals surface area contributed by atoms with E-state index in [1.165, 1.54) is 66.5 Å². The van der Waals surface area contributed by atoms with Crippen LogP contribution in [-0.4, -0.2) is 57.7 Å². The lowest BCUT2D eigenvalue weighted by molar-refractivity contribution is 0.0247. The van der Waals surface area contributed by atoms with Gasteiger partial charge < -0.3 is 17.7 Å². The molecular weight excluding hydrogens is 921 g/mol. The van der Waals surface area contributed by atoms with E-state index < -0.39 is 33.3 Å². The average Bonchev–Trinajstić information content (AvgIpc) is 3.59. The molecule has 3 aliphatic rings. The minimum absolute atomic E-state index is 0.0330. The number of fused-ring (bicyclic) bond motifs is 1. The quantitative estimate of drug-likeness (QED) is 0.0978. The van der Waals surface area contributed by atoms with E-state index in [4.69, 9.17) is 24.3 Å². The van der Waals surface area contributed by atoms with E-state index in [0.717, 1.165) is 50.5 Å². The average molecular weight is 1030 g/mol. The van der Waals surface area contributed by atoms with Crippen LogP contribution in [-0.2, 0) is 17.7 Å². The summed E-state index contributed by atoms with van der Waals surface area (Å²) in [7, 11) is -8.57. The van der Waals surface area contributed by atoms with Crippen LogP contribution in [0.4, 0.5) is 0 Å². The minimum atomic E-state index is -2.63. The van der Waals surface area contributed by atoms with E-state index >= 15 is 0 Å². The molecule has 0 saturated heterocycles. The van der Waals surface area contributed by atoms with Crippen molar-refractivity contribution in [1.29, 1.82) is 0 Å². The predicted octanol–water partition coefficient (Wildman–Crippen LogP) is 17.6. The molecule has 0 amide bonds. The molecule has 4 nitrogen and oxygen atoms in total. The van der Waals surface area contributed by atoms with Crippen molar-refractivity contribution in [1.82, 2.24) is 0 Å². The van der Waals surface area contributed by atoms with Crippen LogP contribution in [0, 0.1) is 29.1 Å². The topological polar surface area (TPSA) is 36.9 Å². The molecule has 0 unspecified atom stereocenters. The molecule has 3 fully saturated rings. The van der Waals surface area contributed by atoms with Crippen molar-refractivity contribution in [2.45, 2.75) is 246 Å². The van der Waals surface area contributed by atoms with Crippen molar-refractivity contribution in [3.05, 3.63) is 96.1 Å². The fourth-order valence-electron chi connectivity index (χ4n) is 12.8. The Bertz CT molecular complexity index is 2020. The zero-order chi connectivity index (χ0) is 52.4. The number of hydrogen-bond acceptors (Lipinski definition) is 4. The van der Waals surface area contributed by atoms with Crippen LogP contribution in [0.25, 0.3) is 0 Å². The van der Waals surface area contributed by atoms with E-state index in [9.17, 15) is 0 Å². The lowest BCUT2D eigenvalue weighted by atomic mass is 9.60. The first-order chi connectivity index (χ1) is 32.2. The fraction of sp³-hybridized carbons (Fsp3) is 0.710. The van der Waals surface area contributed by atoms with Gasteiger partial charge in [0.25, 0.3) is 8.32 Å². The van der Waals surface area contributed by atoms with Crippen LogP contribution in [0.3, 0.4) is 0 Å². The summed E-state index contributed by atoms with van der Waals surface area (Å²) in [5.41, 5.74) is 4.56. The fourth-order valence-corrected chi connectivity index (χ4v) is 21.8. The Hall–Kier alpha value is -1.63. The summed E-state index contributed by atoms with van der Waals surface area (Å²) < 4.78 is 29.4. The number of unbranched alkanes of at least 4 members (excludes halogenated alkanes) is 1. The second kappa shape index (κ2) is 22.7. The number of benzene rings is 2. The second-order valence-corrected chi connectivity index (χ2v) is 46.7. The standard InChI is InChI=1S/C62H106O4Si4/c1-47(32-30-43-61(12,13)66-67(15,16)17)54-41-42-55-49(33-31-44-62(54,55)14)39-40-50-46-56(64-68(18,19)58(3,4)5)53(57(48(50)2)65-69(20,21)59(6,7)8)38-28-29-45-63-70(60(9,10)11,51-34-24-22-25-35-51)52-36-26-23-27-37-52/h22-27,34-37,39-40,47,53-57H,2,28-33,38,41-46H2,1,3-21H3/b49-39+,50-40-/t47-,53+,54-,55+,56-,57-,62-/m1/s1. The third kappa shape index (κ3) is 14.0. The van der Waals surface area contributed by atoms with Crippen LogP contribution in [0.1, 0.15) is 167 Å². The van der Waals surface area contributed by atoms with E-state index in [1.807, 2.05) is 0 Å². The van der Waals surface area contributed by atoms with Gasteiger partial charge in [-0.05, 0) is 177 Å². The molecule has 0 aliphatic heterocycles. The molecule has 3 aliphatic carbocycles. The lowest BCUT2D eigenvalue weighted by Crippen LogP contribution is -2.66. The molecular formula is C62H106O4Si4. The highest BCUT2D eigenvalue weighted by atomic mass is 28.4. The van der Waals surface area contributed by atoms with Gasteiger partial charge in [0.15, 0.2) is 25.0 Å². The molecule has 2 aromatic rings. The van der Waals surface area contributed by atoms with Crippen molar-refractivity contribution < 1.29 is 17.7 Å². The second-order valence-electron chi connectivity index (χ2n) is 28.5. The predicted molar refractivity (Wildman–Crippen MR) is 315 cm³/mol. The Balaban J connectivity index is 1.43. The maximum Gasteiger partial charge on any atom is 0.261 e. The van der Waals surface area contributed by atoms with Crippen LogP contribution >= 0.6 is 0 Å². The van der Waals surface area contributed by atoms with Crippen molar-refractivity contribution in [2.24, 2.45) is 29.1 Å². The zero-order valence-electron chi connectivity index (χ0n) is 48.9. The van der Waals surface area contributed by atoms with Crippen LogP contribution in [0.5, 0.6) is 0 Å². The Labute approximate surface area is 436 Å². The van der Waals surface area contributed by atoms with Gasteiger partial charge in [-0.1, -0.05) is 180 Å². The molecule has 5 rings (SSSR count). The summed E-state index contributed by atoms with van der Waals surface area (Å²) in [6.45, 7) is 53.8. The van der Waals surface area contributed by atoms with Gasteiger partial charge in [0.2, 0.25) is 0 Å². The van der Waals surface area contributed by atoms with Crippen LogP contribution in [0.2, 0.25) is 60.9 Å². The largest absolute Gasteiger partial charge is 0.413 e. The molecule has 0 N–H and O–H groups in total. The minimum Gasteiger partial charge on any atom is -0.413 e. The van der Waals surface area contributed by atoms with E-state index in [2.05, 4.69) is 209 Å². The molecule has 0 spiro atoms. The first-order valence-corrected chi connectivity index (χ1v) is 39.2. The highest BCUT2D eigenvalue weighted by Gasteiger charge is 2.53. The molecule has 7 atom stereocenters. The SMILES string of the molecule is C=C1/C(=C\C=C2/CCC[C@]3(C)[C@@H]([C@H](C)CCCC(C)(C)O[Si](C)(C)C)CC[C@@H]23)C[C@@H](O[Si](C)(C)C(C)(C)C)[C@H](CCCCO[Si](c2ccccc2)(c2ccccc2)C(C)(C)C)[C@@H]1O[Si](C)(C)C(C)(C)C. The number of rotatable bonds is 20. The zero-order valence-corrected chi connectivity index (χ0v) is 52.9. The maximum absolute atomic E-state index is 7.68. The third-order valence-corrected chi connectivity index (χ3v) is 33.6. The Kier molecular flexibility index (Phi) is 19.2. The molecule has 394 valence electrons. The van der Waals surface area contributed by atoms with Crippen LogP contribution in [0.15, 0.2) is 96.1 Å². The highest BCUT2D eigenvalue weighted by Crippen LogP contribution is 2.60. The first-order valence-electron chi connectivity index (χ1n) is 28.1. The van der Waals surface area contributed by atoms with Gasteiger partial charge in [-0.3, -0.25) is 0 Å². The molecule has 70 heavy (non-hydrogen) atoms. The normalized spacial score (nSPS) is 26.2. The van der Waals surface area contributed by atoms with Gasteiger partial charge in [-0.2, -0.15) is 0 Å². The monoisotopic (exact) mass is 1030 g/mol. The van der Waals surface area contributed by atoms with Gasteiger partial charge in [-0.25, -0.2) is 0 Å². The molecule has 0 radical (unpaired) electrons. The molecule has 8 heteroatoms. The van der Waals surface area contributed by atoms with Gasteiger partial charge in [-0.15, -0.1) is 0 Å². The number of allylic oxidation sites excluding steroid dienone is 3. The Morgan fingerprint density at radius 3 is 1.80 bits per heavy atom. The Morgan fingerprint density at radius 1 is 0.714 bits per heavy atom. The number of hydrogen-bond donors (Lipinski definition) is 0. The highest BCUT2D eigenvalue weighted by molar-refractivity contribution is 6.99. The maximum atomic E-state index is 7.68. The molecule has 2 aromatic carbocycles. The van der Waals surface area contributed by atoms with E-state index in [-0.39, 0.29) is 38.8 Å². The third-order valence-electron chi connectivity index (χ3n) is 18.4. The van der Waals surface area contributed by atoms with E-state index in [1.54, 1.807) is 5.57 Å². The summed E-state index contributed by atoms with van der Waals surface area (Å²) in [6, 6.07) is 22.2. The van der Waals surface area contributed by atoms with Gasteiger partial charge >= 0.3 is 0 Å². The van der Waals surface area contributed by atoms with Gasteiger partial charge in [0, 0.05) is 12.5 Å². The van der Waals surface area contributed by atoms with E-state index in [0.29, 0.717) is 11.3 Å². The van der Waals surface area contributed by atoms with Crippen molar-refractivity contribution in [3.8, 4) is 0 Å². The smallest absolute Gasteiger partial charge is 0.261 e. The van der Waals surface area contributed by atoms with Crippen molar-refractivity contribution in [2.75, 3.05) is 6.61 Å². The molecule has 0 heterocycles. The molecule has 0 bridgehead atoms. The van der Waals surface area contributed by atoms with Crippen LogP contribution < -0.4 is 10.4 Å². The van der Waals surface area contributed by atoms with Crippen molar-refractivity contribution >= 4 is 43.6 Å². The molecule has 0 aromatic heterocycles. The summed E-state index contributed by atoms with van der Waals surface area (Å²) in [5, 5.41) is 2.80.